The lowest BCUT2D eigenvalue weighted by Crippen LogP contribution is -2.50. The molecule has 30 heavy (non-hydrogen) atoms. The summed E-state index contributed by atoms with van der Waals surface area (Å²) in [7, 11) is 4.73. The van der Waals surface area contributed by atoms with Crippen LogP contribution in [0.3, 0.4) is 0 Å². The normalized spacial score (nSPS) is 19.7. The van der Waals surface area contributed by atoms with Gasteiger partial charge in [-0.3, -0.25) is 9.80 Å². The van der Waals surface area contributed by atoms with Crippen LogP contribution in [-0.2, 0) is 4.79 Å². The number of carbonyl (C=O) groups excluding carboxylic acids is 1. The number of amidine groups is 1. The Morgan fingerprint density at radius 2 is 1.80 bits per heavy atom. The van der Waals surface area contributed by atoms with Crippen LogP contribution < -0.4 is 24.8 Å². The van der Waals surface area contributed by atoms with Gasteiger partial charge >= 0.3 is 0 Å². The molecule has 0 aliphatic carbocycles. The third-order valence-electron chi connectivity index (χ3n) is 5.05. The summed E-state index contributed by atoms with van der Waals surface area (Å²) in [6, 6.07) is 11.0. The average Bonchev–Trinajstić information content (AvgIpc) is 2.77. The number of hydrazone groups is 1. The lowest BCUT2D eigenvalue weighted by molar-refractivity contribution is -0.127. The minimum Gasteiger partial charge on any atom is -0.493 e. The van der Waals surface area contributed by atoms with Crippen LogP contribution in [0.1, 0.15) is 30.3 Å². The van der Waals surface area contributed by atoms with Crippen molar-refractivity contribution < 1.29 is 19.0 Å². The average molecular weight is 429 g/mol. The molecule has 0 saturated carbocycles. The highest BCUT2D eigenvalue weighted by Gasteiger charge is 2.42. The number of anilines is 1. The van der Waals surface area contributed by atoms with E-state index in [9.17, 15) is 4.79 Å². The maximum absolute atomic E-state index is 13.1. The van der Waals surface area contributed by atoms with Gasteiger partial charge in [-0.05, 0) is 24.0 Å². The largest absolute Gasteiger partial charge is 0.493 e. The second-order valence-electron chi connectivity index (χ2n) is 6.70. The van der Waals surface area contributed by atoms with Crippen LogP contribution in [-0.4, -0.2) is 43.2 Å². The fraction of sp³-hybridized carbons (Fsp3) is 0.333. The van der Waals surface area contributed by atoms with Gasteiger partial charge in [-0.15, -0.1) is 5.10 Å². The second-order valence-corrected chi connectivity index (χ2v) is 7.96. The molecule has 0 saturated heterocycles. The van der Waals surface area contributed by atoms with E-state index in [-0.39, 0.29) is 5.91 Å². The fourth-order valence-electron chi connectivity index (χ4n) is 3.75. The molecule has 0 spiro atoms. The van der Waals surface area contributed by atoms with Crippen LogP contribution in [0, 0.1) is 0 Å². The van der Waals surface area contributed by atoms with Crippen molar-refractivity contribution in [1.82, 2.24) is 10.3 Å². The molecule has 2 aliphatic heterocycles. The predicted octanol–water partition coefficient (Wildman–Crippen LogP) is 3.33. The maximum Gasteiger partial charge on any atom is 0.255 e. The van der Waals surface area contributed by atoms with Crippen LogP contribution in [0.25, 0.3) is 0 Å². The number of ether oxygens (including phenoxy) is 3. The molecule has 9 heteroatoms. The topological polar surface area (TPSA) is 84.4 Å². The summed E-state index contributed by atoms with van der Waals surface area (Å²) < 4.78 is 16.5. The number of rotatable bonds is 5. The summed E-state index contributed by atoms with van der Waals surface area (Å²) in [5, 5.41) is 13.6. The van der Waals surface area contributed by atoms with E-state index in [2.05, 4.69) is 10.6 Å². The van der Waals surface area contributed by atoms with Gasteiger partial charge in [0, 0.05) is 16.8 Å². The summed E-state index contributed by atoms with van der Waals surface area (Å²) in [6.07, 6.45) is -0.405. The number of carbonyl (C=O) groups is 1. The van der Waals surface area contributed by atoms with Crippen molar-refractivity contribution >= 4 is 28.5 Å². The van der Waals surface area contributed by atoms with Gasteiger partial charge in [-0.2, -0.15) is 0 Å². The number of hydrogen-bond acceptors (Lipinski definition) is 8. The molecule has 0 aromatic heterocycles. The molecule has 0 fully saturated rings. The SMILES string of the molecule is CCSC1=NN2[C@@H](c3cc(OC)c(OC)c(OC)c3)Nc3ccccc3[C@H]2C(=O)N1. The smallest absolute Gasteiger partial charge is 0.255 e. The Bertz CT molecular complexity index is 972. The molecule has 2 N–H and O–H groups in total. The quantitative estimate of drug-likeness (QED) is 0.756. The monoisotopic (exact) mass is 428 g/mol. The Morgan fingerprint density at radius 3 is 2.43 bits per heavy atom. The number of amides is 1. The maximum atomic E-state index is 13.1. The standard InChI is InChI=1S/C21H24N4O4S/c1-5-30-21-23-20(26)17-13-8-6-7-9-14(13)22-19(25(17)24-21)12-10-15(27-2)18(29-4)16(11-12)28-3/h6-11,17,19,22H,5H2,1-4H3,(H,23,24,26)/t17-,19-/m0/s1. The molecule has 0 bridgehead atoms. The van der Waals surface area contributed by atoms with Crippen LogP contribution in [0.5, 0.6) is 17.2 Å². The number of benzene rings is 2. The summed E-state index contributed by atoms with van der Waals surface area (Å²) in [4.78, 5) is 13.1. The van der Waals surface area contributed by atoms with Crippen molar-refractivity contribution in [3.8, 4) is 17.2 Å². The van der Waals surface area contributed by atoms with E-state index in [1.54, 1.807) is 26.3 Å². The summed E-state index contributed by atoms with van der Waals surface area (Å²) in [5.74, 6) is 2.29. The highest BCUT2D eigenvalue weighted by molar-refractivity contribution is 8.13. The number of fused-ring (bicyclic) bond motifs is 3. The van der Waals surface area contributed by atoms with E-state index in [4.69, 9.17) is 19.3 Å². The molecule has 4 rings (SSSR count). The summed E-state index contributed by atoms with van der Waals surface area (Å²) in [6.45, 7) is 2.02. The fourth-order valence-corrected chi connectivity index (χ4v) is 4.35. The van der Waals surface area contributed by atoms with Gasteiger partial charge in [0.25, 0.3) is 5.91 Å². The molecule has 2 aromatic rings. The van der Waals surface area contributed by atoms with E-state index in [0.29, 0.717) is 22.4 Å². The first-order valence-corrected chi connectivity index (χ1v) is 10.6. The first-order chi connectivity index (χ1) is 14.6. The van der Waals surface area contributed by atoms with Crippen molar-refractivity contribution in [2.75, 3.05) is 32.4 Å². The van der Waals surface area contributed by atoms with Crippen LogP contribution >= 0.6 is 11.8 Å². The van der Waals surface area contributed by atoms with E-state index in [0.717, 1.165) is 22.6 Å². The number of nitrogens with one attached hydrogen (secondary N) is 2. The highest BCUT2D eigenvalue weighted by atomic mass is 32.2. The molecule has 8 nitrogen and oxygen atoms in total. The lowest BCUT2D eigenvalue weighted by atomic mass is 9.97. The van der Waals surface area contributed by atoms with Gasteiger partial charge in [0.1, 0.15) is 6.17 Å². The summed E-state index contributed by atoms with van der Waals surface area (Å²) >= 11 is 1.49. The van der Waals surface area contributed by atoms with Crippen LogP contribution in [0.15, 0.2) is 41.5 Å². The highest BCUT2D eigenvalue weighted by Crippen LogP contribution is 2.46. The molecule has 2 atom stereocenters. The van der Waals surface area contributed by atoms with Gasteiger partial charge in [0.2, 0.25) is 5.75 Å². The Labute approximate surface area is 179 Å². The second kappa shape index (κ2) is 8.35. The van der Waals surface area contributed by atoms with E-state index < -0.39 is 12.2 Å². The molecule has 1 amide bonds. The van der Waals surface area contributed by atoms with Crippen molar-refractivity contribution in [2.24, 2.45) is 5.10 Å². The lowest BCUT2D eigenvalue weighted by Gasteiger charge is -2.43. The Hall–Kier alpha value is -3.07. The number of hydrogen-bond donors (Lipinski definition) is 2. The molecular formula is C21H24N4O4S. The first kappa shape index (κ1) is 20.2. The Balaban J connectivity index is 1.87. The Kier molecular flexibility index (Phi) is 5.63. The zero-order valence-electron chi connectivity index (χ0n) is 17.3. The van der Waals surface area contributed by atoms with Crippen molar-refractivity contribution in [2.45, 2.75) is 19.1 Å². The third kappa shape index (κ3) is 3.39. The molecular weight excluding hydrogens is 404 g/mol. The third-order valence-corrected chi connectivity index (χ3v) is 5.79. The van der Waals surface area contributed by atoms with Crippen LogP contribution in [0.2, 0.25) is 0 Å². The number of nitrogens with zero attached hydrogens (tertiary/aromatic N) is 2. The Morgan fingerprint density at radius 1 is 1.10 bits per heavy atom. The van der Waals surface area contributed by atoms with Crippen LogP contribution in [0.4, 0.5) is 5.69 Å². The van der Waals surface area contributed by atoms with E-state index in [1.807, 2.05) is 43.3 Å². The van der Waals surface area contributed by atoms with E-state index in [1.165, 1.54) is 11.8 Å². The number of thioether (sulfide) groups is 1. The predicted molar refractivity (Wildman–Crippen MR) is 117 cm³/mol. The minimum atomic E-state index is -0.548. The zero-order chi connectivity index (χ0) is 21.3. The van der Waals surface area contributed by atoms with Gasteiger partial charge in [0.15, 0.2) is 22.7 Å². The molecule has 2 heterocycles. The first-order valence-electron chi connectivity index (χ1n) is 9.57. The number of methoxy groups -OCH3 is 3. The molecule has 0 unspecified atom stereocenters. The zero-order valence-corrected chi connectivity index (χ0v) is 18.1. The molecule has 2 aliphatic rings. The molecule has 158 valence electrons. The molecule has 2 aromatic carbocycles. The number of para-hydroxylation sites is 1. The molecule has 0 radical (unpaired) electrons. The van der Waals surface area contributed by atoms with Crippen molar-refractivity contribution in [1.29, 1.82) is 0 Å². The van der Waals surface area contributed by atoms with Crippen molar-refractivity contribution in [3.63, 3.8) is 0 Å². The van der Waals surface area contributed by atoms with Crippen molar-refractivity contribution in [3.05, 3.63) is 47.5 Å². The van der Waals surface area contributed by atoms with Gasteiger partial charge < -0.3 is 24.8 Å². The van der Waals surface area contributed by atoms with Gasteiger partial charge in [-0.1, -0.05) is 36.9 Å². The van der Waals surface area contributed by atoms with Gasteiger partial charge in [0.05, 0.1) is 21.3 Å². The summed E-state index contributed by atoms with van der Waals surface area (Å²) in [5.41, 5.74) is 2.60. The minimum absolute atomic E-state index is 0.104. The van der Waals surface area contributed by atoms with Gasteiger partial charge in [-0.25, -0.2) is 0 Å². The van der Waals surface area contributed by atoms with E-state index >= 15 is 0 Å².